The van der Waals surface area contributed by atoms with Gasteiger partial charge in [-0.2, -0.15) is 5.26 Å². The van der Waals surface area contributed by atoms with Gasteiger partial charge in [-0.05, 0) is 43.2 Å². The van der Waals surface area contributed by atoms with E-state index in [1.165, 1.54) is 24.8 Å². The number of nitrogens with one attached hydrogen (secondary N) is 1. The Morgan fingerprint density at radius 2 is 2.22 bits per heavy atom. The van der Waals surface area contributed by atoms with Crippen molar-refractivity contribution in [3.8, 4) is 6.07 Å². The molecule has 5 heteroatoms. The van der Waals surface area contributed by atoms with Gasteiger partial charge >= 0.3 is 0 Å². The number of rotatable bonds is 3. The lowest BCUT2D eigenvalue weighted by Gasteiger charge is -2.27. The highest BCUT2D eigenvalue weighted by molar-refractivity contribution is 7.99. The van der Waals surface area contributed by atoms with E-state index in [2.05, 4.69) is 11.4 Å². The summed E-state index contributed by atoms with van der Waals surface area (Å²) in [5, 5.41) is 12.6. The predicted octanol–water partition coefficient (Wildman–Crippen LogP) is 4.55. The molecule has 0 radical (unpaired) electrons. The van der Waals surface area contributed by atoms with Crippen LogP contribution in [0.4, 0.5) is 10.1 Å². The molecule has 2 aromatic carbocycles. The first kappa shape index (κ1) is 15.6. The van der Waals surface area contributed by atoms with Crippen LogP contribution in [0, 0.1) is 17.1 Å². The number of carbonyl (C=O) groups is 1. The number of Topliss-reactive ketones (excluding diaryl/α,β-unsaturated/α-hetero) is 1. The van der Waals surface area contributed by atoms with Crippen molar-refractivity contribution in [2.24, 2.45) is 0 Å². The lowest BCUT2D eigenvalue weighted by Crippen LogP contribution is -2.17. The highest BCUT2D eigenvalue weighted by Crippen LogP contribution is 2.39. The molecule has 1 aliphatic heterocycles. The van der Waals surface area contributed by atoms with Gasteiger partial charge in [0.05, 0.1) is 17.3 Å². The van der Waals surface area contributed by atoms with E-state index in [9.17, 15) is 14.4 Å². The Bertz CT molecular complexity index is 813. The molecule has 1 atom stereocenters. The van der Waals surface area contributed by atoms with Gasteiger partial charge in [0.25, 0.3) is 0 Å². The zero-order chi connectivity index (χ0) is 16.4. The Hall–Kier alpha value is -2.32. The second kappa shape index (κ2) is 6.43. The van der Waals surface area contributed by atoms with Crippen LogP contribution in [0.5, 0.6) is 0 Å². The monoisotopic (exact) mass is 326 g/mol. The number of nitrogens with zero attached hydrogens (tertiary/aromatic N) is 1. The summed E-state index contributed by atoms with van der Waals surface area (Å²) in [6.07, 6.45) is 0.830. The maximum Gasteiger partial charge on any atom is 0.159 e. The number of carbonyl (C=O) groups excluding carboxylic acids is 1. The second-order valence-corrected chi connectivity index (χ2v) is 6.53. The van der Waals surface area contributed by atoms with Gasteiger partial charge in [0.1, 0.15) is 11.9 Å². The van der Waals surface area contributed by atoms with Crippen molar-refractivity contribution < 1.29 is 9.18 Å². The molecule has 0 spiro atoms. The van der Waals surface area contributed by atoms with Crippen molar-refractivity contribution in [2.75, 3.05) is 11.1 Å². The number of anilines is 1. The van der Waals surface area contributed by atoms with Crippen molar-refractivity contribution in [1.82, 2.24) is 0 Å². The molecular weight excluding hydrogens is 311 g/mol. The fourth-order valence-corrected chi connectivity index (χ4v) is 3.84. The van der Waals surface area contributed by atoms with Crippen molar-refractivity contribution in [3.63, 3.8) is 0 Å². The third-order valence-corrected chi connectivity index (χ3v) is 5.06. The Morgan fingerprint density at radius 3 is 2.96 bits per heavy atom. The van der Waals surface area contributed by atoms with E-state index < -0.39 is 0 Å². The number of nitriles is 1. The topological polar surface area (TPSA) is 52.9 Å². The van der Waals surface area contributed by atoms with Crippen LogP contribution in [0.2, 0.25) is 0 Å². The van der Waals surface area contributed by atoms with Crippen LogP contribution in [-0.4, -0.2) is 11.5 Å². The number of thioether (sulfide) groups is 1. The summed E-state index contributed by atoms with van der Waals surface area (Å²) in [7, 11) is 0. The normalized spacial score (nSPS) is 16.3. The summed E-state index contributed by atoms with van der Waals surface area (Å²) in [4.78, 5) is 12.2. The molecule has 1 unspecified atom stereocenters. The third kappa shape index (κ3) is 3.08. The van der Waals surface area contributed by atoms with Gasteiger partial charge in [-0.3, -0.25) is 4.79 Å². The zero-order valence-corrected chi connectivity index (χ0v) is 13.4. The molecule has 0 saturated carbocycles. The number of halogens is 1. The van der Waals surface area contributed by atoms with E-state index in [0.717, 1.165) is 17.7 Å². The first-order valence-electron chi connectivity index (χ1n) is 7.33. The summed E-state index contributed by atoms with van der Waals surface area (Å²) in [6.45, 7) is 1.49. The van der Waals surface area contributed by atoms with Crippen molar-refractivity contribution in [2.45, 2.75) is 24.3 Å². The molecule has 116 valence electrons. The molecule has 3 nitrogen and oxygen atoms in total. The summed E-state index contributed by atoms with van der Waals surface area (Å²) >= 11 is 1.51. The fourth-order valence-electron chi connectivity index (χ4n) is 2.70. The third-order valence-electron chi connectivity index (χ3n) is 3.90. The smallest absolute Gasteiger partial charge is 0.159 e. The molecule has 0 aliphatic carbocycles. The molecule has 0 saturated heterocycles. The van der Waals surface area contributed by atoms with Gasteiger partial charge in [-0.25, -0.2) is 4.39 Å². The number of hydrogen-bond donors (Lipinski definition) is 1. The largest absolute Gasteiger partial charge is 0.377 e. The van der Waals surface area contributed by atoms with Crippen LogP contribution in [0.3, 0.4) is 0 Å². The van der Waals surface area contributed by atoms with Gasteiger partial charge in [0, 0.05) is 16.2 Å². The summed E-state index contributed by atoms with van der Waals surface area (Å²) in [5.74, 6) is 0.542. The summed E-state index contributed by atoms with van der Waals surface area (Å²) in [5.41, 5.74) is 2.55. The van der Waals surface area contributed by atoms with Crippen molar-refractivity contribution in [1.29, 1.82) is 5.26 Å². The highest BCUT2D eigenvalue weighted by Gasteiger charge is 2.23. The van der Waals surface area contributed by atoms with Crippen LogP contribution in [0.1, 0.15) is 40.9 Å². The quantitative estimate of drug-likeness (QED) is 0.841. The van der Waals surface area contributed by atoms with Crippen molar-refractivity contribution in [3.05, 3.63) is 58.9 Å². The lowest BCUT2D eigenvalue weighted by atomic mass is 10.0. The number of ketones is 1. The minimum atomic E-state index is -0.211. The summed E-state index contributed by atoms with van der Waals surface area (Å²) in [6, 6.07) is 12.1. The Morgan fingerprint density at radius 1 is 1.39 bits per heavy atom. The van der Waals surface area contributed by atoms with Crippen LogP contribution in [0.25, 0.3) is 0 Å². The Labute approximate surface area is 138 Å². The molecular formula is C18H15FN2OS. The maximum atomic E-state index is 14.0. The van der Waals surface area contributed by atoms with Crippen LogP contribution in [-0.2, 0) is 0 Å². The van der Waals surface area contributed by atoms with Gasteiger partial charge in [0.15, 0.2) is 5.78 Å². The summed E-state index contributed by atoms with van der Waals surface area (Å²) < 4.78 is 14.0. The minimum absolute atomic E-state index is 0.0526. The van der Waals surface area contributed by atoms with E-state index in [-0.39, 0.29) is 17.6 Å². The fraction of sp³-hybridized carbons (Fsp3) is 0.222. The van der Waals surface area contributed by atoms with Gasteiger partial charge < -0.3 is 5.32 Å². The van der Waals surface area contributed by atoms with E-state index in [4.69, 9.17) is 0 Å². The molecule has 3 rings (SSSR count). The maximum absolute atomic E-state index is 14.0. The van der Waals surface area contributed by atoms with E-state index in [1.54, 1.807) is 24.3 Å². The molecule has 1 N–H and O–H groups in total. The zero-order valence-electron chi connectivity index (χ0n) is 12.6. The molecule has 0 fully saturated rings. The van der Waals surface area contributed by atoms with E-state index in [0.29, 0.717) is 21.7 Å². The average Bonchev–Trinajstić information content (AvgIpc) is 2.55. The van der Waals surface area contributed by atoms with Gasteiger partial charge in [0.2, 0.25) is 0 Å². The minimum Gasteiger partial charge on any atom is -0.377 e. The molecule has 1 aliphatic rings. The molecule has 0 aromatic heterocycles. The molecule has 1 heterocycles. The van der Waals surface area contributed by atoms with E-state index in [1.807, 2.05) is 6.07 Å². The Balaban J connectivity index is 1.98. The first-order chi connectivity index (χ1) is 11.1. The number of hydrogen-bond acceptors (Lipinski definition) is 4. The first-order valence-corrected chi connectivity index (χ1v) is 8.31. The molecule has 2 aromatic rings. The number of fused-ring (bicyclic) bond motifs is 1. The van der Waals surface area contributed by atoms with Crippen LogP contribution in [0.15, 0.2) is 41.3 Å². The van der Waals surface area contributed by atoms with Crippen LogP contribution >= 0.6 is 11.8 Å². The predicted molar refractivity (Wildman–Crippen MR) is 89.3 cm³/mol. The SMILES string of the molecule is CC(=O)c1ccc(C#N)c(NC2CCSc3c(F)cccc32)c1. The number of benzene rings is 2. The standard InChI is InChI=1S/C18H15FN2OS/c1-11(22)12-5-6-13(10-20)17(9-12)21-16-7-8-23-18-14(16)3-2-4-15(18)19/h2-6,9,16,21H,7-8H2,1H3. The lowest BCUT2D eigenvalue weighted by molar-refractivity contribution is 0.101. The van der Waals surface area contributed by atoms with Crippen molar-refractivity contribution >= 4 is 23.2 Å². The van der Waals surface area contributed by atoms with Gasteiger partial charge in [-0.1, -0.05) is 12.1 Å². The molecule has 0 bridgehead atoms. The molecule has 23 heavy (non-hydrogen) atoms. The average molecular weight is 326 g/mol. The van der Waals surface area contributed by atoms with Crippen LogP contribution < -0.4 is 5.32 Å². The molecule has 0 amide bonds. The second-order valence-electron chi connectivity index (χ2n) is 5.42. The van der Waals surface area contributed by atoms with E-state index >= 15 is 0 Å². The highest BCUT2D eigenvalue weighted by atomic mass is 32.2. The van der Waals surface area contributed by atoms with Gasteiger partial charge in [-0.15, -0.1) is 11.8 Å². The Kier molecular flexibility index (Phi) is 4.35.